The molecule has 4 N–H and O–H groups in total. The fraction of sp³-hybridized carbons (Fsp3) is 0.444. The van der Waals surface area contributed by atoms with Crippen LogP contribution in [0.2, 0.25) is 0 Å². The van der Waals surface area contributed by atoms with Gasteiger partial charge >= 0.3 is 5.97 Å². The Hall–Kier alpha value is -2.34. The molecule has 3 atom stereocenters. The van der Waals surface area contributed by atoms with Crippen molar-refractivity contribution in [3.05, 3.63) is 35.5 Å². The number of carboxylic acid groups (broad SMARTS) is 1. The number of hydrogen-bond acceptors (Lipinski definition) is 3. The first-order valence-corrected chi connectivity index (χ1v) is 8.31. The fourth-order valence-electron chi connectivity index (χ4n) is 3.35. The highest BCUT2D eigenvalue weighted by Crippen LogP contribution is 2.31. The SMILES string of the molecule is CCC(C)[C@@H](N)C(=O)N1Cc2[nH]c3ccccc3c2C[C@@H]1C(=O)O. The van der Waals surface area contributed by atoms with Gasteiger partial charge in [-0.15, -0.1) is 0 Å². The molecule has 1 amide bonds. The molecule has 0 aliphatic carbocycles. The van der Waals surface area contributed by atoms with E-state index in [1.54, 1.807) is 0 Å². The molecule has 6 heteroatoms. The van der Waals surface area contributed by atoms with Gasteiger partial charge in [-0.1, -0.05) is 38.5 Å². The lowest BCUT2D eigenvalue weighted by Crippen LogP contribution is -2.55. The number of aromatic nitrogens is 1. The van der Waals surface area contributed by atoms with Crippen molar-refractivity contribution in [3.63, 3.8) is 0 Å². The van der Waals surface area contributed by atoms with Crippen molar-refractivity contribution in [2.75, 3.05) is 0 Å². The normalized spacial score (nSPS) is 19.8. The molecule has 3 rings (SSSR count). The second-order valence-corrected chi connectivity index (χ2v) is 6.56. The number of carbonyl (C=O) groups is 2. The fourth-order valence-corrected chi connectivity index (χ4v) is 3.35. The molecule has 0 fully saturated rings. The molecule has 1 aromatic heterocycles. The summed E-state index contributed by atoms with van der Waals surface area (Å²) in [5, 5.41) is 10.7. The first-order valence-electron chi connectivity index (χ1n) is 8.31. The van der Waals surface area contributed by atoms with Crippen molar-refractivity contribution in [3.8, 4) is 0 Å². The number of nitrogens with two attached hydrogens (primary N) is 1. The Labute approximate surface area is 140 Å². The summed E-state index contributed by atoms with van der Waals surface area (Å²) in [7, 11) is 0. The monoisotopic (exact) mass is 329 g/mol. The standard InChI is InChI=1S/C18H23N3O3/c1-3-10(2)16(19)17(22)21-9-14-12(8-15(21)18(23)24)11-6-4-5-7-13(11)20-14/h4-7,10,15-16,20H,3,8-9,19H2,1-2H3,(H,23,24)/t10?,15-,16-/m1/s1. The molecule has 0 saturated heterocycles. The number of benzene rings is 1. The minimum Gasteiger partial charge on any atom is -0.480 e. The van der Waals surface area contributed by atoms with Crippen molar-refractivity contribution < 1.29 is 14.7 Å². The zero-order chi connectivity index (χ0) is 17.4. The van der Waals surface area contributed by atoms with Gasteiger partial charge in [0.05, 0.1) is 12.6 Å². The van der Waals surface area contributed by atoms with Gasteiger partial charge in [0, 0.05) is 23.0 Å². The molecule has 24 heavy (non-hydrogen) atoms. The van der Waals surface area contributed by atoms with E-state index in [0.717, 1.165) is 28.6 Å². The number of H-pyrrole nitrogens is 1. The van der Waals surface area contributed by atoms with E-state index in [2.05, 4.69) is 4.98 Å². The number of aromatic amines is 1. The van der Waals surface area contributed by atoms with Crippen LogP contribution in [0, 0.1) is 5.92 Å². The summed E-state index contributed by atoms with van der Waals surface area (Å²) >= 11 is 0. The number of nitrogens with zero attached hydrogens (tertiary/aromatic N) is 1. The summed E-state index contributed by atoms with van der Waals surface area (Å²) in [4.78, 5) is 29.2. The van der Waals surface area contributed by atoms with E-state index >= 15 is 0 Å². The van der Waals surface area contributed by atoms with Crippen molar-refractivity contribution >= 4 is 22.8 Å². The van der Waals surface area contributed by atoms with Gasteiger partial charge in [-0.3, -0.25) is 4.79 Å². The maximum absolute atomic E-state index is 12.8. The predicted octanol–water partition coefficient (Wildman–Crippen LogP) is 1.88. The number of carboxylic acids is 1. The van der Waals surface area contributed by atoms with Gasteiger partial charge in [-0.05, 0) is 17.5 Å². The molecule has 0 bridgehead atoms. The minimum atomic E-state index is -0.990. The molecule has 1 aromatic carbocycles. The van der Waals surface area contributed by atoms with Gasteiger partial charge in [-0.25, -0.2) is 4.79 Å². The maximum Gasteiger partial charge on any atom is 0.326 e. The summed E-state index contributed by atoms with van der Waals surface area (Å²) in [5.74, 6) is -1.27. The largest absolute Gasteiger partial charge is 0.480 e. The highest BCUT2D eigenvalue weighted by molar-refractivity contribution is 5.90. The number of rotatable bonds is 4. The van der Waals surface area contributed by atoms with Crippen LogP contribution in [0.1, 0.15) is 31.5 Å². The number of para-hydroxylation sites is 1. The second kappa shape index (κ2) is 6.28. The lowest BCUT2D eigenvalue weighted by atomic mass is 9.93. The third kappa shape index (κ3) is 2.67. The number of hydrogen-bond donors (Lipinski definition) is 3. The molecular formula is C18H23N3O3. The Bertz CT molecular complexity index is 783. The Morgan fingerprint density at radius 1 is 1.42 bits per heavy atom. The van der Waals surface area contributed by atoms with Crippen molar-refractivity contribution in [1.29, 1.82) is 0 Å². The molecule has 1 aliphatic rings. The topological polar surface area (TPSA) is 99.4 Å². The minimum absolute atomic E-state index is 0.0102. The third-order valence-corrected chi connectivity index (χ3v) is 5.11. The zero-order valence-corrected chi connectivity index (χ0v) is 14.0. The number of carbonyl (C=O) groups excluding carboxylic acids is 1. The van der Waals surface area contributed by atoms with E-state index in [9.17, 15) is 14.7 Å². The number of nitrogens with one attached hydrogen (secondary N) is 1. The highest BCUT2D eigenvalue weighted by Gasteiger charge is 2.38. The number of aliphatic carboxylic acids is 1. The van der Waals surface area contributed by atoms with E-state index in [0.29, 0.717) is 6.42 Å². The van der Waals surface area contributed by atoms with Gasteiger partial charge in [-0.2, -0.15) is 0 Å². The van der Waals surface area contributed by atoms with Crippen LogP contribution >= 0.6 is 0 Å². The van der Waals surface area contributed by atoms with Gasteiger partial charge in [0.1, 0.15) is 6.04 Å². The summed E-state index contributed by atoms with van der Waals surface area (Å²) in [5.41, 5.74) is 8.92. The first kappa shape index (κ1) is 16.5. The molecule has 2 heterocycles. The molecule has 1 unspecified atom stereocenters. The average Bonchev–Trinajstić information content (AvgIpc) is 2.96. The van der Waals surface area contributed by atoms with Crippen molar-refractivity contribution in [2.45, 2.75) is 45.3 Å². The van der Waals surface area contributed by atoms with Crippen molar-refractivity contribution in [1.82, 2.24) is 9.88 Å². The van der Waals surface area contributed by atoms with E-state index in [-0.39, 0.29) is 18.4 Å². The smallest absolute Gasteiger partial charge is 0.326 e. The molecule has 0 spiro atoms. The lowest BCUT2D eigenvalue weighted by molar-refractivity contribution is -0.152. The molecule has 128 valence electrons. The molecule has 0 saturated carbocycles. The van der Waals surface area contributed by atoms with Gasteiger partial charge in [0.25, 0.3) is 0 Å². The van der Waals surface area contributed by atoms with Crippen LogP contribution in [0.5, 0.6) is 0 Å². The molecule has 0 radical (unpaired) electrons. The lowest BCUT2D eigenvalue weighted by Gasteiger charge is -2.35. The Kier molecular flexibility index (Phi) is 4.32. The van der Waals surface area contributed by atoms with Crippen LogP contribution in [0.25, 0.3) is 10.9 Å². The van der Waals surface area contributed by atoms with Crippen LogP contribution in [0.4, 0.5) is 0 Å². The average molecular weight is 329 g/mol. The molecular weight excluding hydrogens is 306 g/mol. The van der Waals surface area contributed by atoms with Gasteiger partial charge < -0.3 is 20.7 Å². The molecule has 2 aromatic rings. The summed E-state index contributed by atoms with van der Waals surface area (Å²) in [6, 6.07) is 6.25. The first-order chi connectivity index (χ1) is 11.4. The van der Waals surface area contributed by atoms with Crippen LogP contribution in [-0.4, -0.2) is 39.0 Å². The maximum atomic E-state index is 12.8. The number of amides is 1. The Morgan fingerprint density at radius 3 is 2.79 bits per heavy atom. The summed E-state index contributed by atoms with van der Waals surface area (Å²) < 4.78 is 0. The van der Waals surface area contributed by atoms with E-state index in [1.807, 2.05) is 38.1 Å². The Morgan fingerprint density at radius 2 is 2.12 bits per heavy atom. The number of fused-ring (bicyclic) bond motifs is 3. The third-order valence-electron chi connectivity index (χ3n) is 5.11. The highest BCUT2D eigenvalue weighted by atomic mass is 16.4. The van der Waals surface area contributed by atoms with Gasteiger partial charge in [0.2, 0.25) is 5.91 Å². The van der Waals surface area contributed by atoms with Crippen LogP contribution in [0.3, 0.4) is 0 Å². The predicted molar refractivity (Wildman–Crippen MR) is 91.4 cm³/mol. The van der Waals surface area contributed by atoms with Crippen molar-refractivity contribution in [2.24, 2.45) is 11.7 Å². The Balaban J connectivity index is 1.98. The molecule has 1 aliphatic heterocycles. The summed E-state index contributed by atoms with van der Waals surface area (Å²) in [6.07, 6.45) is 1.07. The van der Waals surface area contributed by atoms with E-state index < -0.39 is 18.1 Å². The van der Waals surface area contributed by atoms with Crippen LogP contribution < -0.4 is 5.73 Å². The van der Waals surface area contributed by atoms with Crippen LogP contribution in [0.15, 0.2) is 24.3 Å². The quantitative estimate of drug-likeness (QED) is 0.797. The zero-order valence-electron chi connectivity index (χ0n) is 14.0. The van der Waals surface area contributed by atoms with Crippen LogP contribution in [-0.2, 0) is 22.6 Å². The summed E-state index contributed by atoms with van der Waals surface area (Å²) in [6.45, 7) is 4.14. The molecule has 6 nitrogen and oxygen atoms in total. The van der Waals surface area contributed by atoms with E-state index in [4.69, 9.17) is 5.73 Å². The second-order valence-electron chi connectivity index (χ2n) is 6.56. The van der Waals surface area contributed by atoms with Gasteiger partial charge in [0.15, 0.2) is 0 Å². The van der Waals surface area contributed by atoms with E-state index in [1.165, 1.54) is 4.90 Å².